The third-order valence-electron chi connectivity index (χ3n) is 6.28. The highest BCUT2D eigenvalue weighted by molar-refractivity contribution is 6.08. The van der Waals surface area contributed by atoms with Crippen LogP contribution in [0.2, 0.25) is 0 Å². The van der Waals surface area contributed by atoms with E-state index in [-0.39, 0.29) is 6.54 Å². The largest absolute Gasteiger partial charge is 0.344 e. The van der Waals surface area contributed by atoms with E-state index < -0.39 is 41.2 Å². The second kappa shape index (κ2) is 7.68. The highest BCUT2D eigenvalue weighted by Crippen LogP contribution is 2.35. The van der Waals surface area contributed by atoms with Gasteiger partial charge in [-0.2, -0.15) is 5.01 Å². The standard InChI is InChI=1S/C21H25N5O5/c1-3-24-17(28)14-6-4-5-7-15(14)25(20(24)31)12-16(27)23-26-18(29)21(22-19(26)30)10-8-13(2)9-11-21/h4-7,13H,3,8-12H2,1-2H3,(H,22,30)(H,23,27). The summed E-state index contributed by atoms with van der Waals surface area (Å²) in [6.45, 7) is 3.48. The van der Waals surface area contributed by atoms with Crippen LogP contribution in [-0.2, 0) is 22.7 Å². The van der Waals surface area contributed by atoms with Crippen molar-refractivity contribution in [1.29, 1.82) is 0 Å². The third-order valence-corrected chi connectivity index (χ3v) is 6.28. The summed E-state index contributed by atoms with van der Waals surface area (Å²) in [5, 5.41) is 3.75. The Morgan fingerprint density at radius 2 is 1.81 bits per heavy atom. The van der Waals surface area contributed by atoms with Gasteiger partial charge in [0.05, 0.1) is 10.9 Å². The number of imide groups is 1. The van der Waals surface area contributed by atoms with Crippen LogP contribution in [0.25, 0.3) is 10.9 Å². The highest BCUT2D eigenvalue weighted by atomic mass is 16.2. The van der Waals surface area contributed by atoms with Crippen molar-refractivity contribution in [2.45, 2.75) is 58.2 Å². The molecule has 1 saturated carbocycles. The number of amides is 4. The summed E-state index contributed by atoms with van der Waals surface area (Å²) in [6, 6.07) is 5.83. The Morgan fingerprint density at radius 1 is 1.13 bits per heavy atom. The van der Waals surface area contributed by atoms with Gasteiger partial charge in [-0.15, -0.1) is 0 Å². The third kappa shape index (κ3) is 3.41. The van der Waals surface area contributed by atoms with Crippen molar-refractivity contribution < 1.29 is 14.4 Å². The van der Waals surface area contributed by atoms with Crippen LogP contribution >= 0.6 is 0 Å². The topological polar surface area (TPSA) is 123 Å². The van der Waals surface area contributed by atoms with E-state index in [1.165, 1.54) is 4.57 Å². The van der Waals surface area contributed by atoms with Gasteiger partial charge in [0.2, 0.25) is 0 Å². The molecule has 2 N–H and O–H groups in total. The molecule has 1 spiro atoms. The zero-order chi connectivity index (χ0) is 22.3. The van der Waals surface area contributed by atoms with E-state index in [9.17, 15) is 24.0 Å². The molecule has 1 aliphatic carbocycles. The normalized spacial score (nSPS) is 23.4. The molecule has 4 rings (SSSR count). The average Bonchev–Trinajstić information content (AvgIpc) is 2.98. The first kappa shape index (κ1) is 20.8. The number of carbonyl (C=O) groups excluding carboxylic acids is 3. The summed E-state index contributed by atoms with van der Waals surface area (Å²) in [5.41, 5.74) is 0.619. The molecule has 2 fully saturated rings. The zero-order valence-electron chi connectivity index (χ0n) is 17.5. The lowest BCUT2D eigenvalue weighted by Crippen LogP contribution is -2.52. The van der Waals surface area contributed by atoms with E-state index in [2.05, 4.69) is 17.7 Å². The average molecular weight is 427 g/mol. The Kier molecular flexibility index (Phi) is 5.16. The molecule has 1 saturated heterocycles. The first-order valence-electron chi connectivity index (χ1n) is 10.5. The fourth-order valence-corrected chi connectivity index (χ4v) is 4.42. The lowest BCUT2D eigenvalue weighted by molar-refractivity contribution is -0.140. The van der Waals surface area contributed by atoms with Crippen LogP contribution in [0.1, 0.15) is 39.5 Å². The van der Waals surface area contributed by atoms with Crippen LogP contribution in [0.4, 0.5) is 4.79 Å². The first-order chi connectivity index (χ1) is 14.8. The maximum atomic E-state index is 12.9. The number of para-hydroxylation sites is 1. The van der Waals surface area contributed by atoms with Crippen molar-refractivity contribution >= 4 is 28.7 Å². The molecule has 2 aromatic rings. The van der Waals surface area contributed by atoms with E-state index in [1.54, 1.807) is 31.2 Å². The Bertz CT molecular complexity index is 1190. The van der Waals surface area contributed by atoms with Crippen molar-refractivity contribution in [3.05, 3.63) is 45.1 Å². The molecule has 10 nitrogen and oxygen atoms in total. The number of nitrogens with one attached hydrogen (secondary N) is 2. The number of aromatic nitrogens is 2. The number of carbonyl (C=O) groups is 3. The van der Waals surface area contributed by atoms with Gasteiger partial charge in [0.15, 0.2) is 0 Å². The maximum Gasteiger partial charge on any atom is 0.344 e. The minimum Gasteiger partial charge on any atom is -0.322 e. The van der Waals surface area contributed by atoms with Gasteiger partial charge < -0.3 is 5.32 Å². The van der Waals surface area contributed by atoms with Crippen molar-refractivity contribution in [2.24, 2.45) is 5.92 Å². The summed E-state index contributed by atoms with van der Waals surface area (Å²) in [7, 11) is 0. The number of rotatable bonds is 4. The summed E-state index contributed by atoms with van der Waals surface area (Å²) in [4.78, 5) is 63.4. The van der Waals surface area contributed by atoms with E-state index in [0.29, 0.717) is 34.7 Å². The number of hydrogen-bond donors (Lipinski definition) is 2. The van der Waals surface area contributed by atoms with Gasteiger partial charge in [-0.3, -0.25) is 28.9 Å². The molecule has 2 heterocycles. The zero-order valence-corrected chi connectivity index (χ0v) is 17.5. The number of fused-ring (bicyclic) bond motifs is 1. The van der Waals surface area contributed by atoms with Crippen LogP contribution in [0.15, 0.2) is 33.9 Å². The smallest absolute Gasteiger partial charge is 0.322 e. The molecule has 10 heteroatoms. The van der Waals surface area contributed by atoms with Gasteiger partial charge in [-0.1, -0.05) is 19.1 Å². The van der Waals surface area contributed by atoms with Gasteiger partial charge >= 0.3 is 11.7 Å². The second-order valence-corrected chi connectivity index (χ2v) is 8.31. The van der Waals surface area contributed by atoms with Gasteiger partial charge in [-0.05, 0) is 50.7 Å². The molecule has 31 heavy (non-hydrogen) atoms. The summed E-state index contributed by atoms with van der Waals surface area (Å²) in [6.07, 6.45) is 2.68. The first-order valence-corrected chi connectivity index (χ1v) is 10.5. The molecular formula is C21H25N5O5. The van der Waals surface area contributed by atoms with E-state index in [0.717, 1.165) is 17.4 Å². The predicted molar refractivity (Wildman–Crippen MR) is 112 cm³/mol. The lowest BCUT2D eigenvalue weighted by atomic mass is 9.77. The van der Waals surface area contributed by atoms with Crippen LogP contribution in [0.5, 0.6) is 0 Å². The fourth-order valence-electron chi connectivity index (χ4n) is 4.42. The van der Waals surface area contributed by atoms with Gasteiger partial charge in [0.1, 0.15) is 12.1 Å². The maximum absolute atomic E-state index is 12.9. The quantitative estimate of drug-likeness (QED) is 0.696. The number of hydrazine groups is 1. The molecule has 1 aliphatic heterocycles. The molecule has 164 valence electrons. The molecule has 0 atom stereocenters. The minimum atomic E-state index is -0.976. The number of urea groups is 1. The van der Waals surface area contributed by atoms with Gasteiger partial charge in [-0.25, -0.2) is 9.59 Å². The van der Waals surface area contributed by atoms with Crippen LogP contribution in [0, 0.1) is 5.92 Å². The van der Waals surface area contributed by atoms with Crippen LogP contribution in [0.3, 0.4) is 0 Å². The number of benzene rings is 1. The van der Waals surface area contributed by atoms with Crippen molar-refractivity contribution in [3.63, 3.8) is 0 Å². The van der Waals surface area contributed by atoms with Crippen molar-refractivity contribution in [3.8, 4) is 0 Å². The second-order valence-electron chi connectivity index (χ2n) is 8.31. The number of hydrogen-bond acceptors (Lipinski definition) is 5. The predicted octanol–water partition coefficient (Wildman–Crippen LogP) is 0.715. The fraction of sp³-hybridized carbons (Fsp3) is 0.476. The van der Waals surface area contributed by atoms with Gasteiger partial charge in [0.25, 0.3) is 17.4 Å². The van der Waals surface area contributed by atoms with Crippen molar-refractivity contribution in [2.75, 3.05) is 0 Å². The van der Waals surface area contributed by atoms with E-state index in [4.69, 9.17) is 0 Å². The molecule has 4 amide bonds. The van der Waals surface area contributed by atoms with E-state index >= 15 is 0 Å². The Labute approximate surface area is 177 Å². The highest BCUT2D eigenvalue weighted by Gasteiger charge is 2.52. The van der Waals surface area contributed by atoms with Crippen LogP contribution < -0.4 is 22.0 Å². The monoisotopic (exact) mass is 427 g/mol. The summed E-state index contributed by atoms with van der Waals surface area (Å²) < 4.78 is 2.22. The molecule has 1 aromatic heterocycles. The van der Waals surface area contributed by atoms with E-state index in [1.807, 2.05) is 0 Å². The number of nitrogens with zero attached hydrogens (tertiary/aromatic N) is 3. The molecule has 0 unspecified atom stereocenters. The Balaban J connectivity index is 1.59. The molecule has 1 aromatic carbocycles. The molecule has 2 aliphatic rings. The van der Waals surface area contributed by atoms with Crippen molar-refractivity contribution in [1.82, 2.24) is 24.9 Å². The molecule has 0 bridgehead atoms. The SMILES string of the molecule is CCn1c(=O)c2ccccc2n(CC(=O)NN2C(=O)NC3(CCC(C)CC3)C2=O)c1=O. The summed E-state index contributed by atoms with van der Waals surface area (Å²) >= 11 is 0. The lowest BCUT2D eigenvalue weighted by Gasteiger charge is -2.33. The van der Waals surface area contributed by atoms with Gasteiger partial charge in [0, 0.05) is 6.54 Å². The molecular weight excluding hydrogens is 402 g/mol. The minimum absolute atomic E-state index is 0.151. The Hall–Kier alpha value is -3.43. The Morgan fingerprint density at radius 3 is 2.48 bits per heavy atom. The summed E-state index contributed by atoms with van der Waals surface area (Å²) in [5.74, 6) is -0.708. The molecule has 0 radical (unpaired) electrons. The van der Waals surface area contributed by atoms with Crippen LogP contribution in [-0.4, -0.2) is 37.5 Å².